The van der Waals surface area contributed by atoms with Crippen molar-refractivity contribution in [1.82, 2.24) is 4.98 Å². The molecule has 0 fully saturated rings. The maximum atomic E-state index is 11.0. The first kappa shape index (κ1) is 11.3. The monoisotopic (exact) mass is 233 g/mol. The fourth-order valence-corrected chi connectivity index (χ4v) is 1.62. The number of benzene rings is 1. The second-order valence-corrected chi connectivity index (χ2v) is 3.40. The van der Waals surface area contributed by atoms with Crippen LogP contribution in [0.15, 0.2) is 41.1 Å². The molecule has 0 spiro atoms. The van der Waals surface area contributed by atoms with Gasteiger partial charge in [0.05, 0.1) is 0 Å². The van der Waals surface area contributed by atoms with Gasteiger partial charge in [0.1, 0.15) is 6.10 Å². The number of aromatic carboxylic acids is 1. The highest BCUT2D eigenvalue weighted by Gasteiger charge is 2.25. The molecule has 17 heavy (non-hydrogen) atoms. The number of ether oxygens (including phenoxy) is 1. The van der Waals surface area contributed by atoms with E-state index in [2.05, 4.69) is 4.98 Å². The first-order valence-electron chi connectivity index (χ1n) is 4.98. The summed E-state index contributed by atoms with van der Waals surface area (Å²) in [5.74, 6) is -0.932. The van der Waals surface area contributed by atoms with Gasteiger partial charge in [0.2, 0.25) is 0 Å². The van der Waals surface area contributed by atoms with E-state index in [1.807, 2.05) is 30.3 Å². The van der Waals surface area contributed by atoms with E-state index in [1.165, 1.54) is 7.11 Å². The van der Waals surface area contributed by atoms with Gasteiger partial charge in [0.25, 0.3) is 0 Å². The summed E-state index contributed by atoms with van der Waals surface area (Å²) in [6.45, 7) is 0. The molecule has 88 valence electrons. The predicted octanol–water partition coefficient (Wildman–Crippen LogP) is 2.11. The molecule has 2 rings (SSSR count). The van der Waals surface area contributed by atoms with E-state index in [0.29, 0.717) is 0 Å². The zero-order chi connectivity index (χ0) is 12.3. The minimum Gasteiger partial charge on any atom is -0.476 e. The van der Waals surface area contributed by atoms with Crippen LogP contribution in [-0.4, -0.2) is 23.2 Å². The van der Waals surface area contributed by atoms with E-state index in [0.717, 1.165) is 12.0 Å². The van der Waals surface area contributed by atoms with Crippen LogP contribution in [-0.2, 0) is 4.74 Å². The van der Waals surface area contributed by atoms with Gasteiger partial charge < -0.3 is 14.3 Å². The topological polar surface area (TPSA) is 72.6 Å². The molecule has 0 radical (unpaired) electrons. The zero-order valence-electron chi connectivity index (χ0n) is 9.16. The van der Waals surface area contributed by atoms with Crippen LogP contribution in [0.25, 0.3) is 0 Å². The molecular weight excluding hydrogens is 222 g/mol. The highest BCUT2D eigenvalue weighted by molar-refractivity contribution is 5.86. The van der Waals surface area contributed by atoms with Crippen molar-refractivity contribution in [3.05, 3.63) is 53.7 Å². The zero-order valence-corrected chi connectivity index (χ0v) is 9.16. The lowest BCUT2D eigenvalue weighted by Gasteiger charge is -2.13. The third-order valence-electron chi connectivity index (χ3n) is 2.37. The van der Waals surface area contributed by atoms with Gasteiger partial charge >= 0.3 is 5.97 Å². The van der Waals surface area contributed by atoms with Crippen LogP contribution in [0.3, 0.4) is 0 Å². The number of nitrogens with zero attached hydrogens (tertiary/aromatic N) is 1. The van der Waals surface area contributed by atoms with E-state index >= 15 is 0 Å². The van der Waals surface area contributed by atoms with E-state index in [9.17, 15) is 4.79 Å². The van der Waals surface area contributed by atoms with E-state index in [-0.39, 0.29) is 11.5 Å². The number of hydrogen-bond acceptors (Lipinski definition) is 4. The maximum Gasteiger partial charge on any atom is 0.358 e. The number of hydrogen-bond donors (Lipinski definition) is 1. The van der Waals surface area contributed by atoms with Crippen molar-refractivity contribution < 1.29 is 19.1 Å². The summed E-state index contributed by atoms with van der Waals surface area (Å²) in [5, 5.41) is 8.97. The number of methoxy groups -OCH3 is 1. The molecule has 1 heterocycles. The highest BCUT2D eigenvalue weighted by atomic mass is 16.5. The molecule has 0 saturated carbocycles. The van der Waals surface area contributed by atoms with Crippen LogP contribution in [0.4, 0.5) is 0 Å². The lowest BCUT2D eigenvalue weighted by atomic mass is 10.1. The molecule has 0 aliphatic rings. The smallest absolute Gasteiger partial charge is 0.358 e. The Balaban J connectivity index is 2.43. The van der Waals surface area contributed by atoms with Crippen molar-refractivity contribution in [1.29, 1.82) is 0 Å². The Morgan fingerprint density at radius 3 is 2.71 bits per heavy atom. The molecule has 1 N–H and O–H groups in total. The summed E-state index contributed by atoms with van der Waals surface area (Å²) in [6, 6.07) is 9.23. The predicted molar refractivity (Wildman–Crippen MR) is 58.8 cm³/mol. The molecule has 1 atom stereocenters. The van der Waals surface area contributed by atoms with Crippen LogP contribution < -0.4 is 0 Å². The Bertz CT molecular complexity index is 506. The summed E-state index contributed by atoms with van der Waals surface area (Å²) in [6.07, 6.45) is 0.540. The van der Waals surface area contributed by atoms with E-state index < -0.39 is 12.1 Å². The summed E-state index contributed by atoms with van der Waals surface area (Å²) < 4.78 is 10.4. The SMILES string of the molecule is COC(c1ccccc1)c1ocnc1C(=O)O. The maximum absolute atomic E-state index is 11.0. The quantitative estimate of drug-likeness (QED) is 0.875. The molecule has 5 heteroatoms. The molecule has 0 bridgehead atoms. The second-order valence-electron chi connectivity index (χ2n) is 3.40. The lowest BCUT2D eigenvalue weighted by Crippen LogP contribution is -2.09. The van der Waals surface area contributed by atoms with Gasteiger partial charge in [0, 0.05) is 7.11 Å². The van der Waals surface area contributed by atoms with Gasteiger partial charge in [0.15, 0.2) is 17.8 Å². The summed E-state index contributed by atoms with van der Waals surface area (Å²) >= 11 is 0. The van der Waals surface area contributed by atoms with Gasteiger partial charge in [-0.1, -0.05) is 30.3 Å². The average molecular weight is 233 g/mol. The number of rotatable bonds is 4. The molecule has 2 aromatic rings. The first-order chi connectivity index (χ1) is 8.24. The van der Waals surface area contributed by atoms with Crippen LogP contribution in [0.5, 0.6) is 0 Å². The molecule has 0 saturated heterocycles. The van der Waals surface area contributed by atoms with Crippen molar-refractivity contribution in [2.45, 2.75) is 6.10 Å². The second kappa shape index (κ2) is 4.80. The largest absolute Gasteiger partial charge is 0.476 e. The molecule has 5 nitrogen and oxygen atoms in total. The van der Waals surface area contributed by atoms with Gasteiger partial charge in [-0.15, -0.1) is 0 Å². The first-order valence-corrected chi connectivity index (χ1v) is 4.98. The van der Waals surface area contributed by atoms with Crippen LogP contribution in [0.1, 0.15) is 27.9 Å². The number of carbonyl (C=O) groups is 1. The lowest BCUT2D eigenvalue weighted by molar-refractivity contribution is 0.0673. The number of carboxylic acid groups (broad SMARTS) is 1. The standard InChI is InChI=1S/C12H11NO4/c1-16-10(8-5-3-2-4-6-8)11-9(12(14)15)13-7-17-11/h2-7,10H,1H3,(H,14,15). The molecular formula is C12H11NO4. The Hall–Kier alpha value is -2.14. The van der Waals surface area contributed by atoms with Crippen molar-refractivity contribution in [3.8, 4) is 0 Å². The average Bonchev–Trinajstić information content (AvgIpc) is 2.81. The Labute approximate surface area is 97.7 Å². The van der Waals surface area contributed by atoms with Crippen molar-refractivity contribution in [3.63, 3.8) is 0 Å². The number of oxazole rings is 1. The fraction of sp³-hybridized carbons (Fsp3) is 0.167. The van der Waals surface area contributed by atoms with Crippen LogP contribution in [0, 0.1) is 0 Å². The molecule has 0 aliphatic heterocycles. The number of aromatic nitrogens is 1. The fourth-order valence-electron chi connectivity index (χ4n) is 1.62. The summed E-state index contributed by atoms with van der Waals surface area (Å²) in [7, 11) is 1.49. The van der Waals surface area contributed by atoms with Crippen LogP contribution >= 0.6 is 0 Å². The summed E-state index contributed by atoms with van der Waals surface area (Å²) in [4.78, 5) is 14.6. The summed E-state index contributed by atoms with van der Waals surface area (Å²) in [5.41, 5.74) is 0.690. The minimum absolute atomic E-state index is 0.124. The normalized spacial score (nSPS) is 12.3. The Kier molecular flexibility index (Phi) is 3.20. The van der Waals surface area contributed by atoms with E-state index in [4.69, 9.17) is 14.3 Å². The molecule has 0 amide bonds. The van der Waals surface area contributed by atoms with E-state index in [1.54, 1.807) is 0 Å². The Morgan fingerprint density at radius 2 is 2.12 bits per heavy atom. The minimum atomic E-state index is -1.13. The molecule has 1 unspecified atom stereocenters. The van der Waals surface area contributed by atoms with Crippen LogP contribution in [0.2, 0.25) is 0 Å². The highest BCUT2D eigenvalue weighted by Crippen LogP contribution is 2.27. The van der Waals surface area contributed by atoms with Crippen molar-refractivity contribution in [2.24, 2.45) is 0 Å². The third kappa shape index (κ3) is 2.19. The molecule has 1 aromatic carbocycles. The number of carboxylic acids is 1. The third-order valence-corrected chi connectivity index (χ3v) is 2.37. The van der Waals surface area contributed by atoms with Crippen molar-refractivity contribution in [2.75, 3.05) is 7.11 Å². The van der Waals surface area contributed by atoms with Gasteiger partial charge in [-0.2, -0.15) is 0 Å². The molecule has 0 aliphatic carbocycles. The molecule has 1 aromatic heterocycles. The van der Waals surface area contributed by atoms with Gasteiger partial charge in [-0.25, -0.2) is 9.78 Å². The van der Waals surface area contributed by atoms with Gasteiger partial charge in [-0.3, -0.25) is 0 Å². The Morgan fingerprint density at radius 1 is 1.41 bits per heavy atom. The van der Waals surface area contributed by atoms with Crippen molar-refractivity contribution >= 4 is 5.97 Å². The van der Waals surface area contributed by atoms with Gasteiger partial charge in [-0.05, 0) is 5.56 Å².